The number of allylic oxidation sites excluding steroid dienone is 1. The molecule has 0 aliphatic carbocycles. The molecule has 0 fully saturated rings. The quantitative estimate of drug-likeness (QED) is 0.248. The van der Waals surface area contributed by atoms with E-state index in [1.807, 2.05) is 27.7 Å². The Bertz CT molecular complexity index is 303. The molecule has 0 bridgehead atoms. The molecule has 0 radical (unpaired) electrons. The van der Waals surface area contributed by atoms with Gasteiger partial charge in [-0.3, -0.25) is 0 Å². The van der Waals surface area contributed by atoms with Crippen LogP contribution >= 0.6 is 0 Å². The van der Waals surface area contributed by atoms with Crippen LogP contribution in [0.2, 0.25) is 12.1 Å². The van der Waals surface area contributed by atoms with Gasteiger partial charge >= 0.3 is 14.5 Å². The van der Waals surface area contributed by atoms with Gasteiger partial charge in [0.25, 0.3) is 0 Å². The van der Waals surface area contributed by atoms with Gasteiger partial charge in [0.2, 0.25) is 0 Å². The van der Waals surface area contributed by atoms with E-state index in [0.29, 0.717) is 6.61 Å². The van der Waals surface area contributed by atoms with Crippen LogP contribution < -0.4 is 0 Å². The van der Waals surface area contributed by atoms with Gasteiger partial charge in [-0.2, -0.15) is 0 Å². The highest BCUT2D eigenvalue weighted by Crippen LogP contribution is 2.26. The summed E-state index contributed by atoms with van der Waals surface area (Å²) in [5.74, 6) is -0.283. The van der Waals surface area contributed by atoms with E-state index in [2.05, 4.69) is 6.92 Å². The smallest absolute Gasteiger partial charge is 0.338 e. The topological polar surface area (TPSA) is 44.8 Å². The highest BCUT2D eigenvalue weighted by Gasteiger charge is 2.38. The lowest BCUT2D eigenvalue weighted by molar-refractivity contribution is -0.137. The zero-order valence-electron chi connectivity index (χ0n) is 14.5. The minimum atomic E-state index is -2.22. The summed E-state index contributed by atoms with van der Waals surface area (Å²) in [6.07, 6.45) is 5.27. The lowest BCUT2D eigenvalue weighted by atomic mass is 10.5. The monoisotopic (exact) mass is 316 g/mol. The first-order valence-corrected chi connectivity index (χ1v) is 10.2. The predicted molar refractivity (Wildman–Crippen MR) is 88.5 cm³/mol. The van der Waals surface area contributed by atoms with Crippen LogP contribution in [0.3, 0.4) is 0 Å². The van der Waals surface area contributed by atoms with Gasteiger partial charge in [0.1, 0.15) is 0 Å². The second kappa shape index (κ2) is 11.0. The van der Waals surface area contributed by atoms with Crippen molar-refractivity contribution in [3.05, 3.63) is 12.2 Å². The lowest BCUT2D eigenvalue weighted by Gasteiger charge is -2.34. The molecule has 0 rings (SSSR count). The Morgan fingerprint density at radius 3 is 2.10 bits per heavy atom. The fourth-order valence-electron chi connectivity index (χ4n) is 2.33. The Kier molecular flexibility index (Phi) is 10.6. The third kappa shape index (κ3) is 9.82. The summed E-state index contributed by atoms with van der Waals surface area (Å²) in [6, 6.07) is 1.84. The SMILES string of the molecule is CC=CC(=O)OCCC[Si](CCC)(OC(C)C)OC(C)C. The fourth-order valence-corrected chi connectivity index (χ4v) is 6.27. The summed E-state index contributed by atoms with van der Waals surface area (Å²) < 4.78 is 17.6. The number of rotatable bonds is 11. The minimum absolute atomic E-state index is 0.160. The average molecular weight is 317 g/mol. The summed E-state index contributed by atoms with van der Waals surface area (Å²) >= 11 is 0. The molecule has 0 aliphatic rings. The van der Waals surface area contributed by atoms with E-state index in [-0.39, 0.29) is 18.2 Å². The molecule has 0 spiro atoms. The highest BCUT2D eigenvalue weighted by molar-refractivity contribution is 6.67. The van der Waals surface area contributed by atoms with Gasteiger partial charge < -0.3 is 13.6 Å². The highest BCUT2D eigenvalue weighted by atomic mass is 28.4. The molecule has 0 amide bonds. The molecule has 0 heterocycles. The first kappa shape index (κ1) is 20.3. The van der Waals surface area contributed by atoms with Crippen molar-refractivity contribution in [2.75, 3.05) is 6.61 Å². The zero-order valence-corrected chi connectivity index (χ0v) is 15.5. The van der Waals surface area contributed by atoms with Gasteiger partial charge in [-0.05, 0) is 53.1 Å². The molecular weight excluding hydrogens is 284 g/mol. The molecule has 0 aromatic carbocycles. The van der Waals surface area contributed by atoms with Crippen molar-refractivity contribution in [1.82, 2.24) is 0 Å². The maximum absolute atomic E-state index is 11.3. The third-order valence-corrected chi connectivity index (χ3v) is 6.96. The van der Waals surface area contributed by atoms with Crippen molar-refractivity contribution in [3.63, 3.8) is 0 Å². The molecule has 0 unspecified atom stereocenters. The van der Waals surface area contributed by atoms with Gasteiger partial charge in [0.05, 0.1) is 6.61 Å². The zero-order chi connectivity index (χ0) is 16.3. The third-order valence-electron chi connectivity index (χ3n) is 2.78. The van der Waals surface area contributed by atoms with Gasteiger partial charge in [-0.1, -0.05) is 19.4 Å². The van der Waals surface area contributed by atoms with Crippen molar-refractivity contribution in [2.24, 2.45) is 0 Å². The number of esters is 1. The molecule has 0 aliphatic heterocycles. The van der Waals surface area contributed by atoms with E-state index in [0.717, 1.165) is 24.9 Å². The van der Waals surface area contributed by atoms with Crippen LogP contribution in [0.4, 0.5) is 0 Å². The molecular formula is C16H32O4Si. The molecule has 0 aromatic rings. The number of hydrogen-bond acceptors (Lipinski definition) is 4. The lowest BCUT2D eigenvalue weighted by Crippen LogP contribution is -2.46. The van der Waals surface area contributed by atoms with Crippen molar-refractivity contribution in [2.45, 2.75) is 78.7 Å². The molecule has 0 N–H and O–H groups in total. The summed E-state index contributed by atoms with van der Waals surface area (Å²) in [5.41, 5.74) is 0. The average Bonchev–Trinajstić information content (AvgIpc) is 2.33. The summed E-state index contributed by atoms with van der Waals surface area (Å²) in [7, 11) is -2.22. The molecule has 0 saturated carbocycles. The Labute approximate surface area is 131 Å². The number of carbonyl (C=O) groups is 1. The first-order valence-electron chi connectivity index (χ1n) is 8.00. The van der Waals surface area contributed by atoms with Crippen LogP contribution in [0.5, 0.6) is 0 Å². The Morgan fingerprint density at radius 1 is 1.10 bits per heavy atom. The summed E-state index contributed by atoms with van der Waals surface area (Å²) in [4.78, 5) is 11.3. The van der Waals surface area contributed by atoms with Crippen LogP contribution in [0.25, 0.3) is 0 Å². The molecule has 0 atom stereocenters. The Morgan fingerprint density at radius 2 is 1.67 bits per heavy atom. The number of carbonyl (C=O) groups excluding carboxylic acids is 1. The van der Waals surface area contributed by atoms with Crippen LogP contribution in [-0.2, 0) is 18.4 Å². The predicted octanol–water partition coefficient (Wildman–Crippen LogP) is 4.20. The number of ether oxygens (including phenoxy) is 1. The first-order chi connectivity index (χ1) is 9.85. The second-order valence-corrected chi connectivity index (χ2v) is 9.06. The normalized spacial score (nSPS) is 12.6. The Balaban J connectivity index is 4.53. The molecule has 4 nitrogen and oxygen atoms in total. The maximum atomic E-state index is 11.3. The van der Waals surface area contributed by atoms with Gasteiger partial charge in [0.15, 0.2) is 0 Å². The number of hydrogen-bond donors (Lipinski definition) is 0. The molecule has 0 saturated heterocycles. The Hall–Kier alpha value is -0.653. The fraction of sp³-hybridized carbons (Fsp3) is 0.812. The van der Waals surface area contributed by atoms with Gasteiger partial charge in [-0.25, -0.2) is 4.79 Å². The molecule has 5 heteroatoms. The maximum Gasteiger partial charge on any atom is 0.338 e. The van der Waals surface area contributed by atoms with E-state index >= 15 is 0 Å². The van der Waals surface area contributed by atoms with Crippen LogP contribution in [0.1, 0.15) is 54.4 Å². The van der Waals surface area contributed by atoms with E-state index in [4.69, 9.17) is 13.6 Å². The standard InChI is InChI=1S/C16H32O4Si/c1-7-10-16(17)18-11-9-13-21(12-8-2,19-14(3)4)20-15(5)6/h7,10,14-15H,8-9,11-13H2,1-6H3. The largest absolute Gasteiger partial charge is 0.463 e. The van der Waals surface area contributed by atoms with E-state index in [1.165, 1.54) is 6.08 Å². The van der Waals surface area contributed by atoms with Crippen molar-refractivity contribution in [3.8, 4) is 0 Å². The molecule has 21 heavy (non-hydrogen) atoms. The summed E-state index contributed by atoms with van der Waals surface area (Å²) in [6.45, 7) is 12.6. The second-order valence-electron chi connectivity index (χ2n) is 5.76. The van der Waals surface area contributed by atoms with Gasteiger partial charge in [0, 0.05) is 18.3 Å². The van der Waals surface area contributed by atoms with Crippen LogP contribution in [0, 0.1) is 0 Å². The van der Waals surface area contributed by atoms with Crippen LogP contribution in [-0.4, -0.2) is 33.3 Å². The van der Waals surface area contributed by atoms with Crippen molar-refractivity contribution in [1.29, 1.82) is 0 Å². The summed E-state index contributed by atoms with van der Waals surface area (Å²) in [5, 5.41) is 0. The molecule has 0 aromatic heterocycles. The van der Waals surface area contributed by atoms with E-state index in [1.54, 1.807) is 13.0 Å². The minimum Gasteiger partial charge on any atom is -0.463 e. The van der Waals surface area contributed by atoms with Gasteiger partial charge in [-0.15, -0.1) is 0 Å². The van der Waals surface area contributed by atoms with Crippen LogP contribution in [0.15, 0.2) is 12.2 Å². The molecule has 124 valence electrons. The van der Waals surface area contributed by atoms with E-state index in [9.17, 15) is 4.79 Å². The van der Waals surface area contributed by atoms with Crippen molar-refractivity contribution < 1.29 is 18.4 Å². The van der Waals surface area contributed by atoms with E-state index < -0.39 is 8.56 Å². The van der Waals surface area contributed by atoms with Crippen molar-refractivity contribution >= 4 is 14.5 Å².